The maximum Gasteiger partial charge on any atom is 0.425 e. The molecule has 0 saturated carbocycles. The lowest BCUT2D eigenvalue weighted by molar-refractivity contribution is -0.135. The van der Waals surface area contributed by atoms with E-state index in [-0.39, 0.29) is 12.1 Å². The van der Waals surface area contributed by atoms with Gasteiger partial charge in [0.15, 0.2) is 6.29 Å². The van der Waals surface area contributed by atoms with E-state index in [1.165, 1.54) is 18.4 Å². The van der Waals surface area contributed by atoms with Gasteiger partial charge in [-0.3, -0.25) is 10.2 Å². The number of rotatable bonds is 6. The van der Waals surface area contributed by atoms with E-state index in [1.54, 1.807) is 0 Å². The number of hydrogen-bond acceptors (Lipinski definition) is 6. The molecule has 0 fully saturated rings. The minimum Gasteiger partial charge on any atom is -0.364 e. The minimum absolute atomic E-state index is 0.163. The molecule has 0 saturated heterocycles. The number of urea groups is 1. The molecule has 4 rings (SSSR count). The number of fused-ring (bicyclic) bond motifs is 2. The van der Waals surface area contributed by atoms with Crippen LogP contribution < -0.4 is 10.6 Å². The lowest BCUT2D eigenvalue weighted by Gasteiger charge is -2.25. The van der Waals surface area contributed by atoms with Crippen molar-refractivity contribution in [1.29, 1.82) is 0 Å². The fourth-order valence-corrected chi connectivity index (χ4v) is 7.17. The Hall–Kier alpha value is -1.66. The van der Waals surface area contributed by atoms with E-state index in [0.717, 1.165) is 58.9 Å². The number of aliphatic hydroxyl groups is 1. The largest absolute Gasteiger partial charge is 0.425 e. The summed E-state index contributed by atoms with van der Waals surface area (Å²) in [4.78, 5) is 16.0. The smallest absolute Gasteiger partial charge is 0.364 e. The number of aryl methyl sites for hydroxylation is 1. The van der Waals surface area contributed by atoms with Crippen LogP contribution in [0.4, 0.5) is 23.0 Å². The van der Waals surface area contributed by atoms with Crippen LogP contribution in [0.15, 0.2) is 0 Å². The van der Waals surface area contributed by atoms with Gasteiger partial charge in [0.1, 0.15) is 9.88 Å². The van der Waals surface area contributed by atoms with E-state index in [9.17, 15) is 23.1 Å². The Morgan fingerprint density at radius 3 is 2.64 bits per heavy atom. The van der Waals surface area contributed by atoms with Crippen molar-refractivity contribution in [2.24, 2.45) is 0 Å². The average Bonchev–Trinajstić information content (AvgIpc) is 3.34. The quantitative estimate of drug-likeness (QED) is 0.483. The maximum absolute atomic E-state index is 13.7. The summed E-state index contributed by atoms with van der Waals surface area (Å²) >= 11 is 2.18. The number of likely N-dealkylation sites (N-methyl/N-ethyl adjacent to an activating group) is 1. The molecule has 1 aliphatic heterocycles. The van der Waals surface area contributed by atoms with Gasteiger partial charge in [0.05, 0.1) is 0 Å². The second-order valence-corrected chi connectivity index (χ2v) is 10.5. The first-order valence-electron chi connectivity index (χ1n) is 11.1. The van der Waals surface area contributed by atoms with E-state index >= 15 is 0 Å². The SMILES string of the molecule is CCN1CCc2c(sc(C(F)(F)F)c2CNC(=O)Nc2sc3c(c2C(O)OC)CCCC3)C1. The summed E-state index contributed by atoms with van der Waals surface area (Å²) in [6, 6.07) is -0.600. The number of anilines is 1. The number of carbonyl (C=O) groups excluding carboxylic acids is 1. The van der Waals surface area contributed by atoms with Gasteiger partial charge in [-0.25, -0.2) is 4.79 Å². The summed E-state index contributed by atoms with van der Waals surface area (Å²) in [6.45, 7) is 3.79. The Morgan fingerprint density at radius 2 is 1.94 bits per heavy atom. The third-order valence-electron chi connectivity index (χ3n) is 6.29. The molecular weight excluding hydrogens is 475 g/mol. The molecule has 1 aliphatic carbocycles. The first kappa shape index (κ1) is 24.5. The van der Waals surface area contributed by atoms with E-state index in [0.29, 0.717) is 35.6 Å². The molecule has 0 bridgehead atoms. The Labute approximate surface area is 198 Å². The Morgan fingerprint density at radius 1 is 1.18 bits per heavy atom. The summed E-state index contributed by atoms with van der Waals surface area (Å²) in [7, 11) is 1.39. The molecule has 3 heterocycles. The molecule has 2 aromatic rings. The van der Waals surface area contributed by atoms with Crippen LogP contribution in [0.2, 0.25) is 0 Å². The first-order valence-corrected chi connectivity index (χ1v) is 12.7. The number of alkyl halides is 3. The van der Waals surface area contributed by atoms with Crippen LogP contribution in [0.5, 0.6) is 0 Å². The molecule has 2 amide bonds. The van der Waals surface area contributed by atoms with Crippen LogP contribution in [0.3, 0.4) is 0 Å². The number of carbonyl (C=O) groups is 1. The normalized spacial score (nSPS) is 17.4. The molecule has 11 heteroatoms. The average molecular weight is 504 g/mol. The van der Waals surface area contributed by atoms with Crippen LogP contribution in [-0.2, 0) is 43.3 Å². The van der Waals surface area contributed by atoms with Crippen molar-refractivity contribution in [3.05, 3.63) is 36.9 Å². The third-order valence-corrected chi connectivity index (χ3v) is 8.81. The molecule has 0 radical (unpaired) electrons. The molecule has 33 heavy (non-hydrogen) atoms. The zero-order chi connectivity index (χ0) is 23.8. The number of hydrogen-bond donors (Lipinski definition) is 3. The van der Waals surface area contributed by atoms with Gasteiger partial charge in [-0.1, -0.05) is 6.92 Å². The Bertz CT molecular complexity index is 1020. The van der Waals surface area contributed by atoms with E-state index in [4.69, 9.17) is 4.74 Å². The van der Waals surface area contributed by atoms with Crippen molar-refractivity contribution in [2.75, 3.05) is 25.5 Å². The van der Waals surface area contributed by atoms with Gasteiger partial charge in [0.2, 0.25) is 0 Å². The molecule has 1 unspecified atom stereocenters. The molecule has 182 valence electrons. The molecule has 0 spiro atoms. The van der Waals surface area contributed by atoms with Gasteiger partial charge in [0, 0.05) is 42.1 Å². The third kappa shape index (κ3) is 5.07. The first-order chi connectivity index (χ1) is 15.7. The zero-order valence-corrected chi connectivity index (χ0v) is 20.2. The van der Waals surface area contributed by atoms with Crippen molar-refractivity contribution in [3.8, 4) is 0 Å². The summed E-state index contributed by atoms with van der Waals surface area (Å²) in [5, 5.41) is 16.2. The number of halogens is 3. The number of aliphatic hydroxyl groups excluding tert-OH is 1. The lowest BCUT2D eigenvalue weighted by Crippen LogP contribution is -2.31. The Kier molecular flexibility index (Phi) is 7.35. The standard InChI is InChI=1S/C22H28F3N3O3S2/c1-3-28-9-8-12-14(18(22(23,24)25)32-16(12)11-28)10-26-21(30)27-19-17(20(29)31-2)13-6-4-5-7-15(13)33-19/h20,29H,3-11H2,1-2H3,(H2,26,27,30). The highest BCUT2D eigenvalue weighted by Crippen LogP contribution is 2.43. The molecule has 2 aliphatic rings. The van der Waals surface area contributed by atoms with E-state index in [2.05, 4.69) is 15.5 Å². The fraction of sp³-hybridized carbons (Fsp3) is 0.591. The summed E-state index contributed by atoms with van der Waals surface area (Å²) in [5.74, 6) is 0. The summed E-state index contributed by atoms with van der Waals surface area (Å²) in [5.41, 5.74) is 2.42. The van der Waals surface area contributed by atoms with Crippen molar-refractivity contribution in [2.45, 2.75) is 64.6 Å². The van der Waals surface area contributed by atoms with Gasteiger partial charge in [-0.15, -0.1) is 22.7 Å². The van der Waals surface area contributed by atoms with E-state index in [1.807, 2.05) is 6.92 Å². The number of ether oxygens (including phenoxy) is 1. The molecule has 0 aromatic carbocycles. The number of thiophene rings is 2. The number of methoxy groups -OCH3 is 1. The van der Waals surface area contributed by atoms with Crippen molar-refractivity contribution < 1.29 is 27.8 Å². The van der Waals surface area contributed by atoms with Crippen LogP contribution in [0, 0.1) is 0 Å². The van der Waals surface area contributed by atoms with Crippen LogP contribution >= 0.6 is 22.7 Å². The highest BCUT2D eigenvalue weighted by Gasteiger charge is 2.39. The lowest BCUT2D eigenvalue weighted by atomic mass is 9.95. The molecule has 6 nitrogen and oxygen atoms in total. The second kappa shape index (κ2) is 9.91. The monoisotopic (exact) mass is 503 g/mol. The topological polar surface area (TPSA) is 73.8 Å². The van der Waals surface area contributed by atoms with Gasteiger partial charge < -0.3 is 15.2 Å². The maximum atomic E-state index is 13.7. The highest BCUT2D eigenvalue weighted by molar-refractivity contribution is 7.16. The molecule has 3 N–H and O–H groups in total. The van der Waals surface area contributed by atoms with Crippen molar-refractivity contribution in [3.63, 3.8) is 0 Å². The minimum atomic E-state index is -4.46. The van der Waals surface area contributed by atoms with Gasteiger partial charge >= 0.3 is 12.2 Å². The van der Waals surface area contributed by atoms with Crippen LogP contribution in [0.1, 0.15) is 62.9 Å². The molecule has 2 aromatic heterocycles. The Balaban J connectivity index is 1.52. The number of nitrogens with zero attached hydrogens (tertiary/aromatic N) is 1. The predicted molar refractivity (Wildman–Crippen MR) is 123 cm³/mol. The summed E-state index contributed by atoms with van der Waals surface area (Å²) in [6.07, 6.45) is -1.38. The van der Waals surface area contributed by atoms with Crippen LogP contribution in [0.25, 0.3) is 0 Å². The van der Waals surface area contributed by atoms with Crippen molar-refractivity contribution in [1.82, 2.24) is 10.2 Å². The van der Waals surface area contributed by atoms with Gasteiger partial charge in [-0.05, 0) is 55.3 Å². The number of nitrogens with one attached hydrogen (secondary N) is 2. The highest BCUT2D eigenvalue weighted by atomic mass is 32.1. The summed E-state index contributed by atoms with van der Waals surface area (Å²) < 4.78 is 46.3. The second-order valence-electron chi connectivity index (χ2n) is 8.28. The zero-order valence-electron chi connectivity index (χ0n) is 18.6. The fourth-order valence-electron chi connectivity index (χ4n) is 4.59. The molecule has 1 atom stereocenters. The molecular formula is C22H28F3N3O3S2. The van der Waals surface area contributed by atoms with Gasteiger partial charge in [0.25, 0.3) is 0 Å². The van der Waals surface area contributed by atoms with E-state index < -0.39 is 23.4 Å². The van der Waals surface area contributed by atoms with Crippen molar-refractivity contribution >= 4 is 33.7 Å². The predicted octanol–water partition coefficient (Wildman–Crippen LogP) is 5.04. The van der Waals surface area contributed by atoms with Crippen LogP contribution in [-0.4, -0.2) is 36.2 Å². The van der Waals surface area contributed by atoms with Gasteiger partial charge in [-0.2, -0.15) is 13.2 Å². The number of amides is 2.